The Balaban J connectivity index is 1.97. The van der Waals surface area contributed by atoms with Gasteiger partial charge in [0.05, 0.1) is 15.4 Å². The van der Waals surface area contributed by atoms with E-state index < -0.39 is 22.9 Å². The smallest absolute Gasteiger partial charge is 0.339 e. The molecule has 27 heavy (non-hydrogen) atoms. The molecule has 0 aliphatic rings. The molecular weight excluding hydrogens is 368 g/mol. The Hall–Kier alpha value is -2.87. The normalized spacial score (nSPS) is 11.5. The van der Waals surface area contributed by atoms with Crippen molar-refractivity contribution in [2.45, 2.75) is 31.4 Å². The molecular formula is C19H20N2O5S. The molecule has 0 bridgehead atoms. The van der Waals surface area contributed by atoms with Gasteiger partial charge >= 0.3 is 5.97 Å². The molecule has 0 spiro atoms. The summed E-state index contributed by atoms with van der Waals surface area (Å²) in [6, 6.07) is 11.8. The molecule has 1 N–H and O–H groups in total. The molecule has 2 rings (SSSR count). The molecule has 0 aliphatic carbocycles. The van der Waals surface area contributed by atoms with Gasteiger partial charge in [-0.15, -0.1) is 11.8 Å². The van der Waals surface area contributed by atoms with Crippen LogP contribution in [0.3, 0.4) is 0 Å². The number of ether oxygens (including phenoxy) is 1. The van der Waals surface area contributed by atoms with Crippen molar-refractivity contribution >= 4 is 29.3 Å². The minimum atomic E-state index is -1.03. The summed E-state index contributed by atoms with van der Waals surface area (Å²) < 4.78 is 5.13. The third-order valence-electron chi connectivity index (χ3n) is 3.85. The van der Waals surface area contributed by atoms with Crippen molar-refractivity contribution in [3.8, 4) is 0 Å². The summed E-state index contributed by atoms with van der Waals surface area (Å²) in [5, 5.41) is 13.8. The van der Waals surface area contributed by atoms with Gasteiger partial charge in [0.15, 0.2) is 6.10 Å². The molecule has 0 unspecified atom stereocenters. The standard InChI is InChI=1S/C19H20N2O5S/c1-12-4-6-14(7-5-12)11-20-18(22)13(2)26-19(23)15-8-9-17(27-3)16(10-15)21(24)25/h4-10,13H,11H2,1-3H3,(H,20,22)/t13-/m0/s1. The Morgan fingerprint density at radius 3 is 2.48 bits per heavy atom. The number of nitrogens with one attached hydrogen (secondary N) is 1. The molecule has 0 saturated heterocycles. The predicted octanol–water partition coefficient (Wildman–Crippen LogP) is 3.49. The highest BCUT2D eigenvalue weighted by molar-refractivity contribution is 7.98. The van der Waals surface area contributed by atoms with Crippen LogP contribution in [0.5, 0.6) is 0 Å². The second-order valence-electron chi connectivity index (χ2n) is 5.89. The van der Waals surface area contributed by atoms with Crippen LogP contribution in [0.2, 0.25) is 0 Å². The van der Waals surface area contributed by atoms with E-state index in [1.807, 2.05) is 31.2 Å². The third kappa shape index (κ3) is 5.55. The lowest BCUT2D eigenvalue weighted by atomic mass is 10.1. The van der Waals surface area contributed by atoms with E-state index in [-0.39, 0.29) is 11.3 Å². The second kappa shape index (κ2) is 9.18. The number of rotatable bonds is 7. The van der Waals surface area contributed by atoms with Crippen LogP contribution in [0.15, 0.2) is 47.4 Å². The molecule has 0 saturated carbocycles. The van der Waals surface area contributed by atoms with Crippen molar-refractivity contribution in [3.05, 3.63) is 69.3 Å². The fraction of sp³-hybridized carbons (Fsp3) is 0.263. The van der Waals surface area contributed by atoms with Crippen LogP contribution in [-0.4, -0.2) is 29.2 Å². The topological polar surface area (TPSA) is 98.5 Å². The van der Waals surface area contributed by atoms with Gasteiger partial charge in [0, 0.05) is 12.6 Å². The van der Waals surface area contributed by atoms with Crippen LogP contribution in [-0.2, 0) is 16.1 Å². The average molecular weight is 388 g/mol. The van der Waals surface area contributed by atoms with E-state index in [0.717, 1.165) is 17.2 Å². The molecule has 0 aliphatic heterocycles. The second-order valence-corrected chi connectivity index (χ2v) is 6.74. The number of nitrogens with zero attached hydrogens (tertiary/aromatic N) is 1. The molecule has 0 aromatic heterocycles. The van der Waals surface area contributed by atoms with E-state index in [1.165, 1.54) is 30.8 Å². The number of amides is 1. The molecule has 2 aromatic carbocycles. The molecule has 8 heteroatoms. The fourth-order valence-electron chi connectivity index (χ4n) is 2.28. The number of benzene rings is 2. The van der Waals surface area contributed by atoms with Gasteiger partial charge in [0.25, 0.3) is 11.6 Å². The highest BCUT2D eigenvalue weighted by Gasteiger charge is 2.22. The largest absolute Gasteiger partial charge is 0.449 e. The first kappa shape index (κ1) is 20.4. The van der Waals surface area contributed by atoms with Crippen LogP contribution in [0, 0.1) is 17.0 Å². The zero-order chi connectivity index (χ0) is 20.0. The van der Waals surface area contributed by atoms with Gasteiger partial charge in [0.2, 0.25) is 0 Å². The molecule has 0 heterocycles. The summed E-state index contributed by atoms with van der Waals surface area (Å²) in [6.07, 6.45) is 0.683. The average Bonchev–Trinajstić information content (AvgIpc) is 2.66. The van der Waals surface area contributed by atoms with Crippen molar-refractivity contribution in [2.24, 2.45) is 0 Å². The first-order chi connectivity index (χ1) is 12.8. The summed E-state index contributed by atoms with van der Waals surface area (Å²) >= 11 is 1.21. The van der Waals surface area contributed by atoms with Crippen molar-refractivity contribution in [1.82, 2.24) is 5.32 Å². The maximum Gasteiger partial charge on any atom is 0.339 e. The Labute approximate surface area is 161 Å². The lowest BCUT2D eigenvalue weighted by Gasteiger charge is -2.14. The van der Waals surface area contributed by atoms with Crippen molar-refractivity contribution in [3.63, 3.8) is 0 Å². The van der Waals surface area contributed by atoms with Gasteiger partial charge in [-0.25, -0.2) is 4.79 Å². The van der Waals surface area contributed by atoms with Crippen LogP contribution in [0.4, 0.5) is 5.69 Å². The number of nitro groups is 1. The molecule has 142 valence electrons. The van der Waals surface area contributed by atoms with Crippen LogP contribution >= 0.6 is 11.8 Å². The number of aryl methyl sites for hydroxylation is 1. The Morgan fingerprint density at radius 2 is 1.89 bits per heavy atom. The van der Waals surface area contributed by atoms with Gasteiger partial charge in [-0.2, -0.15) is 0 Å². The SMILES string of the molecule is CSc1ccc(C(=O)O[C@@H](C)C(=O)NCc2ccc(C)cc2)cc1[N+](=O)[O-]. The van der Waals surface area contributed by atoms with Gasteiger partial charge in [-0.1, -0.05) is 29.8 Å². The number of hydrogen-bond acceptors (Lipinski definition) is 6. The highest BCUT2D eigenvalue weighted by atomic mass is 32.2. The monoisotopic (exact) mass is 388 g/mol. The summed E-state index contributed by atoms with van der Waals surface area (Å²) in [5.74, 6) is -1.23. The molecule has 0 radical (unpaired) electrons. The van der Waals surface area contributed by atoms with E-state index in [1.54, 1.807) is 6.26 Å². The van der Waals surface area contributed by atoms with Crippen molar-refractivity contribution < 1.29 is 19.2 Å². The van der Waals surface area contributed by atoms with Gasteiger partial charge in [-0.05, 0) is 37.8 Å². The first-order valence-corrected chi connectivity index (χ1v) is 9.41. The zero-order valence-electron chi connectivity index (χ0n) is 15.2. The van der Waals surface area contributed by atoms with Gasteiger partial charge in [0.1, 0.15) is 0 Å². The number of hydrogen-bond donors (Lipinski definition) is 1. The number of carbonyl (C=O) groups is 2. The number of carbonyl (C=O) groups excluding carboxylic acids is 2. The van der Waals surface area contributed by atoms with E-state index in [2.05, 4.69) is 5.32 Å². The van der Waals surface area contributed by atoms with Gasteiger partial charge in [-0.3, -0.25) is 14.9 Å². The van der Waals surface area contributed by atoms with Crippen LogP contribution < -0.4 is 5.32 Å². The third-order valence-corrected chi connectivity index (χ3v) is 4.64. The molecule has 7 nitrogen and oxygen atoms in total. The maximum atomic E-state index is 12.2. The summed E-state index contributed by atoms with van der Waals surface area (Å²) in [6.45, 7) is 3.74. The molecule has 1 amide bonds. The molecule has 1 atom stereocenters. The Kier molecular flexibility index (Phi) is 6.95. The van der Waals surface area contributed by atoms with E-state index in [9.17, 15) is 19.7 Å². The van der Waals surface area contributed by atoms with Crippen molar-refractivity contribution in [1.29, 1.82) is 0 Å². The summed E-state index contributed by atoms with van der Waals surface area (Å²) in [7, 11) is 0. The highest BCUT2D eigenvalue weighted by Crippen LogP contribution is 2.28. The number of thioether (sulfide) groups is 1. The van der Waals surface area contributed by atoms with Crippen LogP contribution in [0.1, 0.15) is 28.4 Å². The number of nitro benzene ring substituents is 1. The quantitative estimate of drug-likeness (QED) is 0.337. The van der Waals surface area contributed by atoms with E-state index in [4.69, 9.17) is 4.74 Å². The first-order valence-electron chi connectivity index (χ1n) is 8.18. The maximum absolute atomic E-state index is 12.2. The predicted molar refractivity (Wildman–Crippen MR) is 103 cm³/mol. The van der Waals surface area contributed by atoms with E-state index >= 15 is 0 Å². The minimum Gasteiger partial charge on any atom is -0.449 e. The summed E-state index contributed by atoms with van der Waals surface area (Å²) in [4.78, 5) is 35.3. The Morgan fingerprint density at radius 1 is 1.22 bits per heavy atom. The Bertz CT molecular complexity index is 852. The molecule has 2 aromatic rings. The number of esters is 1. The molecule has 0 fully saturated rings. The van der Waals surface area contributed by atoms with Gasteiger partial charge < -0.3 is 10.1 Å². The fourth-order valence-corrected chi connectivity index (χ4v) is 2.83. The lowest BCUT2D eigenvalue weighted by molar-refractivity contribution is -0.387. The van der Waals surface area contributed by atoms with Crippen LogP contribution in [0.25, 0.3) is 0 Å². The van der Waals surface area contributed by atoms with Crippen molar-refractivity contribution in [2.75, 3.05) is 6.26 Å². The summed E-state index contributed by atoms with van der Waals surface area (Å²) in [5.41, 5.74) is 1.90. The lowest BCUT2D eigenvalue weighted by Crippen LogP contribution is -2.35. The minimum absolute atomic E-state index is 0.0256. The zero-order valence-corrected chi connectivity index (χ0v) is 16.0. The van der Waals surface area contributed by atoms with E-state index in [0.29, 0.717) is 11.4 Å².